The number of fused-ring (bicyclic) bond motifs is 7. The molecule has 6 rings (SSSR count). The summed E-state index contributed by atoms with van der Waals surface area (Å²) in [6.45, 7) is 9.04. The first-order chi connectivity index (χ1) is 21.5. The molecule has 0 bridgehead atoms. The van der Waals surface area contributed by atoms with E-state index >= 15 is 0 Å². The number of anilines is 1. The molecule has 5 aromatic rings. The van der Waals surface area contributed by atoms with Crippen LogP contribution in [0, 0.1) is 6.92 Å². The van der Waals surface area contributed by atoms with Gasteiger partial charge in [0.25, 0.3) is 0 Å². The molecule has 9 nitrogen and oxygen atoms in total. The maximum Gasteiger partial charge on any atom is 0.485 e. The average molecular weight is 676 g/mol. The van der Waals surface area contributed by atoms with Crippen molar-refractivity contribution in [1.29, 1.82) is 0 Å². The van der Waals surface area contributed by atoms with Gasteiger partial charge < -0.3 is 19.3 Å². The number of hydrogen-bond donors (Lipinski definition) is 1. The zero-order chi connectivity index (χ0) is 33.6. The van der Waals surface area contributed by atoms with Crippen molar-refractivity contribution in [3.63, 3.8) is 0 Å². The van der Waals surface area contributed by atoms with E-state index in [1.54, 1.807) is 11.3 Å². The predicted molar refractivity (Wildman–Crippen MR) is 169 cm³/mol. The van der Waals surface area contributed by atoms with E-state index in [4.69, 9.17) is 22.4 Å². The van der Waals surface area contributed by atoms with Gasteiger partial charge in [0.15, 0.2) is 15.8 Å². The third-order valence-corrected chi connectivity index (χ3v) is 8.89. The Morgan fingerprint density at radius 2 is 1.72 bits per heavy atom. The number of esters is 1. The highest BCUT2D eigenvalue weighted by Gasteiger charge is 2.42. The van der Waals surface area contributed by atoms with Crippen molar-refractivity contribution in [3.8, 4) is 28.3 Å². The fourth-order valence-corrected chi connectivity index (χ4v) is 6.62. The Morgan fingerprint density at radius 1 is 1.09 bits per heavy atom. The molecule has 1 aliphatic rings. The van der Waals surface area contributed by atoms with Crippen LogP contribution in [0.15, 0.2) is 66.7 Å². The third-order valence-electron chi connectivity index (χ3n) is 7.26. The topological polar surface area (TPSA) is 113 Å². The van der Waals surface area contributed by atoms with Crippen LogP contribution < -0.4 is 14.6 Å². The number of methoxy groups -OCH3 is 1. The molecule has 3 heterocycles. The van der Waals surface area contributed by atoms with Crippen LogP contribution in [0.5, 0.6) is 5.75 Å². The van der Waals surface area contributed by atoms with Gasteiger partial charge in [-0.2, -0.15) is 17.6 Å². The van der Waals surface area contributed by atoms with Crippen molar-refractivity contribution in [2.75, 3.05) is 19.0 Å². The third kappa shape index (κ3) is 6.42. The molecule has 244 valence electrons. The summed E-state index contributed by atoms with van der Waals surface area (Å²) in [5.74, 6) is 1.58. The minimum absolute atomic E-state index is 0.214. The SMILES string of the molecule is COC(=O)CC1COc2c(ccc3ccccc23)-c2c(NC(C)(C)C)n3c(-c4ccccc4)c(C)sc3[n+]21.O=S(=O)([O-])C(F)(F)F. The molecule has 14 heteroatoms. The average Bonchev–Trinajstić information content (AvgIpc) is 3.39. The van der Waals surface area contributed by atoms with Gasteiger partial charge >= 0.3 is 16.4 Å². The Labute approximate surface area is 267 Å². The number of benzene rings is 3. The quantitative estimate of drug-likeness (QED) is 0.0961. The Balaban J connectivity index is 0.000000463. The minimum Gasteiger partial charge on any atom is -0.741 e. The molecule has 0 radical (unpaired) electrons. The molecule has 0 amide bonds. The Bertz CT molecular complexity index is 2030. The van der Waals surface area contributed by atoms with Gasteiger partial charge in [-0.25, -0.2) is 13.0 Å². The van der Waals surface area contributed by atoms with Crippen molar-refractivity contribution in [3.05, 3.63) is 71.6 Å². The highest BCUT2D eigenvalue weighted by molar-refractivity contribution is 7.86. The summed E-state index contributed by atoms with van der Waals surface area (Å²) < 4.78 is 75.2. The zero-order valence-corrected chi connectivity index (χ0v) is 27.3. The number of nitrogens with one attached hydrogen (secondary N) is 1. The van der Waals surface area contributed by atoms with Crippen LogP contribution >= 0.6 is 11.3 Å². The second-order valence-electron chi connectivity index (χ2n) is 11.7. The van der Waals surface area contributed by atoms with Gasteiger partial charge in [-0.3, -0.25) is 4.79 Å². The highest BCUT2D eigenvalue weighted by atomic mass is 32.2. The van der Waals surface area contributed by atoms with E-state index in [9.17, 15) is 18.0 Å². The second kappa shape index (κ2) is 12.2. The van der Waals surface area contributed by atoms with E-state index in [0.29, 0.717) is 6.61 Å². The van der Waals surface area contributed by atoms with Crippen molar-refractivity contribution >= 4 is 49.0 Å². The van der Waals surface area contributed by atoms with Crippen molar-refractivity contribution in [2.45, 2.75) is 51.2 Å². The Kier molecular flexibility index (Phi) is 8.83. The van der Waals surface area contributed by atoms with Crippen molar-refractivity contribution in [1.82, 2.24) is 4.40 Å². The molecule has 46 heavy (non-hydrogen) atoms. The molecule has 0 aliphatic carbocycles. The Morgan fingerprint density at radius 3 is 2.33 bits per heavy atom. The maximum absolute atomic E-state index is 12.6. The molecule has 2 aromatic heterocycles. The van der Waals surface area contributed by atoms with Gasteiger partial charge in [0.1, 0.15) is 18.4 Å². The van der Waals surface area contributed by atoms with E-state index in [1.165, 1.54) is 12.0 Å². The summed E-state index contributed by atoms with van der Waals surface area (Å²) in [7, 11) is -4.65. The van der Waals surface area contributed by atoms with E-state index in [-0.39, 0.29) is 24.0 Å². The van der Waals surface area contributed by atoms with Crippen LogP contribution in [-0.2, 0) is 19.6 Å². The zero-order valence-electron chi connectivity index (χ0n) is 25.6. The summed E-state index contributed by atoms with van der Waals surface area (Å²) in [6.07, 6.45) is 0.215. The molecule has 0 saturated carbocycles. The largest absolute Gasteiger partial charge is 0.741 e. The summed E-state index contributed by atoms with van der Waals surface area (Å²) in [5.41, 5.74) is -1.52. The lowest BCUT2D eigenvalue weighted by Crippen LogP contribution is -2.43. The van der Waals surface area contributed by atoms with Gasteiger partial charge in [0.05, 0.1) is 24.0 Å². The number of ether oxygens (including phenoxy) is 2. The number of aryl methyl sites for hydroxylation is 1. The van der Waals surface area contributed by atoms with Crippen molar-refractivity contribution in [2.24, 2.45) is 0 Å². The lowest BCUT2D eigenvalue weighted by molar-refractivity contribution is -0.684. The second-order valence-corrected chi connectivity index (χ2v) is 14.3. The van der Waals surface area contributed by atoms with Crippen LogP contribution in [0.3, 0.4) is 0 Å². The number of alkyl halides is 3. The number of halogens is 3. The fourth-order valence-electron chi connectivity index (χ4n) is 5.42. The number of nitrogens with zero attached hydrogens (tertiary/aromatic N) is 2. The van der Waals surface area contributed by atoms with Gasteiger partial charge in [-0.05, 0) is 39.1 Å². The number of rotatable bonds is 4. The minimum atomic E-state index is -6.09. The van der Waals surface area contributed by atoms with Crippen LogP contribution in [0.4, 0.5) is 19.0 Å². The first-order valence-electron chi connectivity index (χ1n) is 14.2. The number of aromatic nitrogens is 2. The fraction of sp³-hybridized carbons (Fsp3) is 0.312. The summed E-state index contributed by atoms with van der Waals surface area (Å²) in [6, 6.07) is 22.9. The molecular formula is C32H32F3N3O6S2. The smallest absolute Gasteiger partial charge is 0.485 e. The van der Waals surface area contributed by atoms with Crippen molar-refractivity contribution < 1.29 is 45.0 Å². The molecule has 1 atom stereocenters. The first kappa shape index (κ1) is 33.2. The summed E-state index contributed by atoms with van der Waals surface area (Å²) in [4.78, 5) is 14.9. The molecule has 1 aliphatic heterocycles. The lowest BCUT2D eigenvalue weighted by Gasteiger charge is -2.21. The maximum atomic E-state index is 12.6. The van der Waals surface area contributed by atoms with Crippen LogP contribution in [0.2, 0.25) is 0 Å². The molecule has 1 unspecified atom stereocenters. The summed E-state index contributed by atoms with van der Waals surface area (Å²) in [5, 5.41) is 6.02. The summed E-state index contributed by atoms with van der Waals surface area (Å²) >= 11 is 1.74. The number of thiazole rings is 1. The van der Waals surface area contributed by atoms with Crippen LogP contribution in [-0.4, -0.2) is 48.1 Å². The number of imidazole rings is 1. The van der Waals surface area contributed by atoms with E-state index < -0.39 is 15.6 Å². The standard InChI is InChI=1S/C31H32N3O3S.CHF3O3S/c1-19-26(21-12-7-6-8-13-21)34-29(32-31(2,3)4)27-24-16-15-20-11-9-10-14-23(20)28(24)37-18-22(17-25(35)36-5)33(27)30(34)38-19;2-1(3,4)8(5,6)7/h6-16,22,32H,17-18H2,1-5H3;(H,5,6,7)/q+1;/p-1. The van der Waals surface area contributed by atoms with E-state index in [0.717, 1.165) is 49.8 Å². The molecule has 3 aromatic carbocycles. The van der Waals surface area contributed by atoms with E-state index in [2.05, 4.69) is 90.5 Å². The number of carbonyl (C=O) groups is 1. The van der Waals surface area contributed by atoms with Gasteiger partial charge in [0.2, 0.25) is 11.5 Å². The molecule has 0 saturated heterocycles. The van der Waals surface area contributed by atoms with Gasteiger partial charge in [-0.1, -0.05) is 72.0 Å². The Hall–Kier alpha value is -4.14. The predicted octanol–water partition coefficient (Wildman–Crippen LogP) is 6.84. The lowest BCUT2D eigenvalue weighted by atomic mass is 10.0. The first-order valence-corrected chi connectivity index (χ1v) is 16.4. The molecule has 0 spiro atoms. The molecular weight excluding hydrogens is 643 g/mol. The van der Waals surface area contributed by atoms with E-state index in [1.807, 2.05) is 18.2 Å². The van der Waals surface area contributed by atoms with Gasteiger partial charge in [0, 0.05) is 16.5 Å². The molecule has 0 fully saturated rings. The molecule has 1 N–H and O–H groups in total. The monoisotopic (exact) mass is 675 g/mol. The highest BCUT2D eigenvalue weighted by Crippen LogP contribution is 2.45. The normalized spacial score (nSPS) is 14.8. The van der Waals surface area contributed by atoms with Crippen LogP contribution in [0.1, 0.15) is 38.1 Å². The number of carbonyl (C=O) groups excluding carboxylic acids is 1. The van der Waals surface area contributed by atoms with Crippen LogP contribution in [0.25, 0.3) is 38.2 Å². The van der Waals surface area contributed by atoms with Gasteiger partial charge in [-0.15, -0.1) is 0 Å². The number of hydrogen-bond acceptors (Lipinski definition) is 8.